The Labute approximate surface area is 99.8 Å². The fraction of sp³-hybridized carbons (Fsp3) is 0.583. The van der Waals surface area contributed by atoms with E-state index in [1.807, 2.05) is 17.5 Å². The predicted octanol–water partition coefficient (Wildman–Crippen LogP) is 2.18. The molecule has 3 nitrogen and oxygen atoms in total. The topological polar surface area (TPSA) is 38.3 Å². The summed E-state index contributed by atoms with van der Waals surface area (Å²) in [5.74, 6) is -0.0478. The maximum Gasteiger partial charge on any atom is 0.313 e. The minimum atomic E-state index is -0.280. The quantitative estimate of drug-likeness (QED) is 0.818. The Morgan fingerprint density at radius 3 is 3.12 bits per heavy atom. The van der Waals surface area contributed by atoms with Crippen molar-refractivity contribution in [3.63, 3.8) is 0 Å². The zero-order chi connectivity index (χ0) is 11.4. The van der Waals surface area contributed by atoms with Crippen molar-refractivity contribution < 1.29 is 9.53 Å². The average molecular weight is 239 g/mol. The van der Waals surface area contributed by atoms with Crippen LogP contribution in [-0.4, -0.2) is 19.1 Å². The van der Waals surface area contributed by atoms with Gasteiger partial charge >= 0.3 is 5.97 Å². The summed E-state index contributed by atoms with van der Waals surface area (Å²) >= 11 is 1.62. The molecule has 0 saturated carbocycles. The van der Waals surface area contributed by atoms with Crippen LogP contribution in [0.1, 0.15) is 24.6 Å². The summed E-state index contributed by atoms with van der Waals surface area (Å²) < 4.78 is 5.40. The van der Waals surface area contributed by atoms with Gasteiger partial charge in [0.15, 0.2) is 0 Å². The van der Waals surface area contributed by atoms with E-state index < -0.39 is 0 Å². The molecular weight excluding hydrogens is 222 g/mol. The van der Waals surface area contributed by atoms with E-state index in [1.54, 1.807) is 11.3 Å². The molecule has 0 aliphatic carbocycles. The van der Waals surface area contributed by atoms with Crippen molar-refractivity contribution in [2.75, 3.05) is 13.1 Å². The maximum atomic E-state index is 12.0. The first-order valence-corrected chi connectivity index (χ1v) is 6.55. The number of esters is 1. The second kappa shape index (κ2) is 4.97. The molecule has 0 radical (unpaired) electrons. The van der Waals surface area contributed by atoms with E-state index in [9.17, 15) is 4.79 Å². The minimum Gasteiger partial charge on any atom is -0.460 e. The number of nitrogens with one attached hydrogen (secondary N) is 1. The van der Waals surface area contributed by atoms with E-state index in [0.717, 1.165) is 30.8 Å². The number of carbonyl (C=O) groups excluding carboxylic acids is 1. The molecule has 1 aliphatic heterocycles. The predicted molar refractivity (Wildman–Crippen MR) is 64.3 cm³/mol. The number of hydrogen-bond donors (Lipinski definition) is 1. The van der Waals surface area contributed by atoms with Crippen LogP contribution in [0.3, 0.4) is 0 Å². The lowest BCUT2D eigenvalue weighted by molar-refractivity contribution is -0.156. The molecule has 0 aromatic carbocycles. The summed E-state index contributed by atoms with van der Waals surface area (Å²) in [5.41, 5.74) is -0.280. The third-order valence-corrected chi connectivity index (χ3v) is 4.13. The van der Waals surface area contributed by atoms with Crippen molar-refractivity contribution in [3.8, 4) is 0 Å². The Morgan fingerprint density at radius 1 is 1.69 bits per heavy atom. The summed E-state index contributed by atoms with van der Waals surface area (Å²) in [7, 11) is 0. The lowest BCUT2D eigenvalue weighted by Gasteiger charge is -2.23. The third kappa shape index (κ3) is 2.28. The molecular formula is C12H17NO2S. The zero-order valence-corrected chi connectivity index (χ0v) is 10.3. The lowest BCUT2D eigenvalue weighted by atomic mass is 9.84. The summed E-state index contributed by atoms with van der Waals surface area (Å²) in [6, 6.07) is 3.96. The summed E-state index contributed by atoms with van der Waals surface area (Å²) in [6.45, 7) is 4.15. The Hall–Kier alpha value is -0.870. The largest absolute Gasteiger partial charge is 0.460 e. The molecule has 1 fully saturated rings. The van der Waals surface area contributed by atoms with Crippen molar-refractivity contribution in [1.29, 1.82) is 0 Å². The highest BCUT2D eigenvalue weighted by Gasteiger charge is 2.40. The molecule has 0 spiro atoms. The Kier molecular flexibility index (Phi) is 3.61. The van der Waals surface area contributed by atoms with Gasteiger partial charge < -0.3 is 10.1 Å². The zero-order valence-electron chi connectivity index (χ0n) is 9.49. The first-order valence-electron chi connectivity index (χ1n) is 5.67. The van der Waals surface area contributed by atoms with Crippen LogP contribution in [0.4, 0.5) is 0 Å². The normalized spacial score (nSPS) is 24.6. The molecule has 2 rings (SSSR count). The van der Waals surface area contributed by atoms with E-state index in [1.165, 1.54) is 0 Å². The SMILES string of the molecule is CCC1(C(=O)OCc2cccs2)CCNC1. The van der Waals surface area contributed by atoms with Gasteiger partial charge in [0.25, 0.3) is 0 Å². The molecule has 1 aliphatic rings. The summed E-state index contributed by atoms with van der Waals surface area (Å²) in [6.07, 6.45) is 1.75. The minimum absolute atomic E-state index is 0.0478. The number of carbonyl (C=O) groups is 1. The van der Waals surface area contributed by atoms with Gasteiger partial charge in [-0.2, -0.15) is 0 Å². The van der Waals surface area contributed by atoms with Crippen molar-refractivity contribution >= 4 is 17.3 Å². The second-order valence-corrected chi connectivity index (χ2v) is 5.25. The van der Waals surface area contributed by atoms with Gasteiger partial charge in [0.2, 0.25) is 0 Å². The first-order chi connectivity index (χ1) is 7.77. The summed E-state index contributed by atoms with van der Waals surface area (Å²) in [5, 5.41) is 5.24. The molecule has 1 unspecified atom stereocenters. The fourth-order valence-electron chi connectivity index (χ4n) is 2.05. The molecule has 1 saturated heterocycles. The fourth-order valence-corrected chi connectivity index (χ4v) is 2.66. The third-order valence-electron chi connectivity index (χ3n) is 3.28. The van der Waals surface area contributed by atoms with Crippen LogP contribution in [-0.2, 0) is 16.1 Å². The van der Waals surface area contributed by atoms with E-state index in [2.05, 4.69) is 12.2 Å². The van der Waals surface area contributed by atoms with Crippen molar-refractivity contribution in [1.82, 2.24) is 5.32 Å². The highest BCUT2D eigenvalue weighted by molar-refractivity contribution is 7.09. The first kappa shape index (κ1) is 11.6. The smallest absolute Gasteiger partial charge is 0.313 e. The van der Waals surface area contributed by atoms with Gasteiger partial charge in [0, 0.05) is 11.4 Å². The number of thiophene rings is 1. The van der Waals surface area contributed by atoms with E-state index in [4.69, 9.17) is 4.74 Å². The molecule has 4 heteroatoms. The summed E-state index contributed by atoms with van der Waals surface area (Å²) in [4.78, 5) is 13.1. The van der Waals surface area contributed by atoms with Crippen LogP contribution < -0.4 is 5.32 Å². The lowest BCUT2D eigenvalue weighted by Crippen LogP contribution is -2.34. The van der Waals surface area contributed by atoms with Crippen LogP contribution in [0.5, 0.6) is 0 Å². The Morgan fingerprint density at radius 2 is 2.56 bits per heavy atom. The highest BCUT2D eigenvalue weighted by Crippen LogP contribution is 2.31. The van der Waals surface area contributed by atoms with E-state index >= 15 is 0 Å². The standard InChI is InChI=1S/C12H17NO2S/c1-2-12(5-6-13-9-12)11(14)15-8-10-4-3-7-16-10/h3-4,7,13H,2,5-6,8-9H2,1H3. The maximum absolute atomic E-state index is 12.0. The van der Waals surface area contributed by atoms with Gasteiger partial charge in [0.1, 0.15) is 6.61 Å². The molecule has 16 heavy (non-hydrogen) atoms. The number of ether oxygens (including phenoxy) is 1. The molecule has 0 bridgehead atoms. The average Bonchev–Trinajstić information content (AvgIpc) is 2.97. The molecule has 1 aromatic heterocycles. The molecule has 1 aromatic rings. The monoisotopic (exact) mass is 239 g/mol. The highest BCUT2D eigenvalue weighted by atomic mass is 32.1. The Balaban J connectivity index is 1.91. The second-order valence-electron chi connectivity index (χ2n) is 4.22. The molecule has 88 valence electrons. The van der Waals surface area contributed by atoms with Crippen LogP contribution in [0.25, 0.3) is 0 Å². The van der Waals surface area contributed by atoms with E-state index in [0.29, 0.717) is 6.61 Å². The molecule has 1 N–H and O–H groups in total. The molecule has 1 atom stereocenters. The molecule has 0 amide bonds. The van der Waals surface area contributed by atoms with Gasteiger partial charge in [-0.25, -0.2) is 0 Å². The van der Waals surface area contributed by atoms with Crippen LogP contribution >= 0.6 is 11.3 Å². The van der Waals surface area contributed by atoms with Gasteiger partial charge in [-0.3, -0.25) is 4.79 Å². The van der Waals surface area contributed by atoms with Crippen LogP contribution in [0, 0.1) is 5.41 Å². The van der Waals surface area contributed by atoms with Crippen LogP contribution in [0.15, 0.2) is 17.5 Å². The van der Waals surface area contributed by atoms with E-state index in [-0.39, 0.29) is 11.4 Å². The van der Waals surface area contributed by atoms with Crippen molar-refractivity contribution in [2.45, 2.75) is 26.4 Å². The number of rotatable bonds is 4. The molecule has 2 heterocycles. The van der Waals surface area contributed by atoms with Gasteiger partial charge in [0.05, 0.1) is 5.41 Å². The van der Waals surface area contributed by atoms with Gasteiger partial charge in [-0.05, 0) is 30.8 Å². The van der Waals surface area contributed by atoms with Gasteiger partial charge in [-0.15, -0.1) is 11.3 Å². The number of hydrogen-bond acceptors (Lipinski definition) is 4. The van der Waals surface area contributed by atoms with Crippen molar-refractivity contribution in [2.24, 2.45) is 5.41 Å². The van der Waals surface area contributed by atoms with Crippen LogP contribution in [0.2, 0.25) is 0 Å². The van der Waals surface area contributed by atoms with Crippen molar-refractivity contribution in [3.05, 3.63) is 22.4 Å². The van der Waals surface area contributed by atoms with Gasteiger partial charge in [-0.1, -0.05) is 13.0 Å². The Bertz CT molecular complexity index is 342.